The fourth-order valence-corrected chi connectivity index (χ4v) is 3.11. The second-order valence-corrected chi connectivity index (χ2v) is 6.37. The number of rotatable bonds is 1. The molecule has 0 saturated carbocycles. The molecule has 2 fully saturated rings. The molecule has 0 bridgehead atoms. The zero-order chi connectivity index (χ0) is 18.0. The first-order valence-corrected chi connectivity index (χ1v) is 8.28. The van der Waals surface area contributed by atoms with Crippen molar-refractivity contribution in [3.63, 3.8) is 0 Å². The van der Waals surface area contributed by atoms with Gasteiger partial charge in [-0.25, -0.2) is 14.8 Å². The molecule has 3 heterocycles. The van der Waals surface area contributed by atoms with Gasteiger partial charge in [0.05, 0.1) is 5.56 Å². The SMILES string of the molecule is N[C@H]1CCCN(C(=O)N2CCN(c3ncc(C(F)(F)F)cn3)CC2)C1. The van der Waals surface area contributed by atoms with Crippen LogP contribution < -0.4 is 10.6 Å². The molecule has 0 spiro atoms. The molecule has 2 amide bonds. The fraction of sp³-hybridized carbons (Fsp3) is 0.667. The summed E-state index contributed by atoms with van der Waals surface area (Å²) in [6, 6.07) is 0.00248. The highest BCUT2D eigenvalue weighted by molar-refractivity contribution is 5.75. The molecule has 138 valence electrons. The van der Waals surface area contributed by atoms with Crippen LogP contribution in [0.2, 0.25) is 0 Å². The van der Waals surface area contributed by atoms with E-state index >= 15 is 0 Å². The Labute approximate surface area is 143 Å². The normalized spacial score (nSPS) is 22.2. The van der Waals surface area contributed by atoms with Crippen LogP contribution in [-0.2, 0) is 6.18 Å². The lowest BCUT2D eigenvalue weighted by atomic mass is 10.1. The van der Waals surface area contributed by atoms with E-state index in [1.807, 2.05) is 0 Å². The third-order valence-corrected chi connectivity index (χ3v) is 4.53. The number of piperidine rings is 1. The molecular formula is C15H21F3N6O. The highest BCUT2D eigenvalue weighted by Crippen LogP contribution is 2.28. The number of carbonyl (C=O) groups is 1. The Kier molecular flexibility index (Phi) is 4.98. The lowest BCUT2D eigenvalue weighted by Crippen LogP contribution is -2.56. The Balaban J connectivity index is 1.55. The minimum Gasteiger partial charge on any atom is -0.337 e. The number of urea groups is 1. The van der Waals surface area contributed by atoms with Crippen LogP contribution >= 0.6 is 0 Å². The predicted molar refractivity (Wildman–Crippen MR) is 85.0 cm³/mol. The number of piperazine rings is 1. The van der Waals surface area contributed by atoms with E-state index in [1.54, 1.807) is 14.7 Å². The van der Waals surface area contributed by atoms with Crippen molar-refractivity contribution in [1.82, 2.24) is 19.8 Å². The number of carbonyl (C=O) groups excluding carboxylic acids is 1. The van der Waals surface area contributed by atoms with Crippen LogP contribution in [0, 0.1) is 0 Å². The lowest BCUT2D eigenvalue weighted by molar-refractivity contribution is -0.138. The first-order chi connectivity index (χ1) is 11.8. The molecule has 0 aromatic carbocycles. The highest BCUT2D eigenvalue weighted by Gasteiger charge is 2.32. The number of hydrogen-bond donors (Lipinski definition) is 1. The molecule has 2 aliphatic rings. The molecule has 10 heteroatoms. The second-order valence-electron chi connectivity index (χ2n) is 6.37. The smallest absolute Gasteiger partial charge is 0.337 e. The number of nitrogens with two attached hydrogens (primary N) is 1. The summed E-state index contributed by atoms with van der Waals surface area (Å²) in [6.07, 6.45) is -1.03. The van der Waals surface area contributed by atoms with Crippen molar-refractivity contribution in [2.45, 2.75) is 25.1 Å². The van der Waals surface area contributed by atoms with Gasteiger partial charge in [-0.3, -0.25) is 0 Å². The van der Waals surface area contributed by atoms with Gasteiger partial charge in [0.25, 0.3) is 0 Å². The van der Waals surface area contributed by atoms with Crippen molar-refractivity contribution in [2.75, 3.05) is 44.2 Å². The molecule has 2 aliphatic heterocycles. The van der Waals surface area contributed by atoms with E-state index in [1.165, 1.54) is 0 Å². The third-order valence-electron chi connectivity index (χ3n) is 4.53. The van der Waals surface area contributed by atoms with E-state index < -0.39 is 11.7 Å². The van der Waals surface area contributed by atoms with Gasteiger partial charge in [-0.15, -0.1) is 0 Å². The molecule has 2 N–H and O–H groups in total. The summed E-state index contributed by atoms with van der Waals surface area (Å²) in [6.45, 7) is 3.22. The van der Waals surface area contributed by atoms with Crippen molar-refractivity contribution in [3.05, 3.63) is 18.0 Å². The molecule has 0 unspecified atom stereocenters. The van der Waals surface area contributed by atoms with Gasteiger partial charge in [-0.1, -0.05) is 0 Å². The number of likely N-dealkylation sites (tertiary alicyclic amines) is 1. The first kappa shape index (κ1) is 17.7. The van der Waals surface area contributed by atoms with Crippen LogP contribution in [0.25, 0.3) is 0 Å². The number of alkyl halides is 3. The Morgan fingerprint density at radius 3 is 2.28 bits per heavy atom. The number of amides is 2. The maximum Gasteiger partial charge on any atom is 0.419 e. The van der Waals surface area contributed by atoms with Crippen molar-refractivity contribution in [1.29, 1.82) is 0 Å². The molecule has 1 aromatic rings. The summed E-state index contributed by atoms with van der Waals surface area (Å²) in [7, 11) is 0. The Bertz CT molecular complexity index is 600. The van der Waals surface area contributed by atoms with E-state index in [0.29, 0.717) is 32.7 Å². The number of nitrogens with zero attached hydrogens (tertiary/aromatic N) is 5. The topological polar surface area (TPSA) is 78.6 Å². The molecule has 1 aromatic heterocycles. The van der Waals surface area contributed by atoms with Gasteiger partial charge in [0.2, 0.25) is 5.95 Å². The standard InChI is InChI=1S/C15H21F3N6O/c16-15(17,18)11-8-20-13(21-9-11)22-4-6-23(7-5-22)14(25)24-3-1-2-12(19)10-24/h8-9,12H,1-7,10,19H2/t12-/m0/s1. The van der Waals surface area contributed by atoms with Gasteiger partial charge in [0.15, 0.2) is 0 Å². The van der Waals surface area contributed by atoms with Gasteiger partial charge >= 0.3 is 12.2 Å². The van der Waals surface area contributed by atoms with E-state index in [9.17, 15) is 18.0 Å². The van der Waals surface area contributed by atoms with E-state index in [4.69, 9.17) is 5.73 Å². The van der Waals surface area contributed by atoms with Crippen LogP contribution in [0.5, 0.6) is 0 Å². The van der Waals surface area contributed by atoms with Crippen molar-refractivity contribution in [3.8, 4) is 0 Å². The summed E-state index contributed by atoms with van der Waals surface area (Å²) in [5.74, 6) is 0.250. The van der Waals surface area contributed by atoms with Gasteiger partial charge in [-0.2, -0.15) is 13.2 Å². The van der Waals surface area contributed by atoms with Crippen LogP contribution in [0.4, 0.5) is 23.9 Å². The van der Waals surface area contributed by atoms with Crippen molar-refractivity contribution < 1.29 is 18.0 Å². The number of hydrogen-bond acceptors (Lipinski definition) is 5. The highest BCUT2D eigenvalue weighted by atomic mass is 19.4. The second kappa shape index (κ2) is 7.03. The summed E-state index contributed by atoms with van der Waals surface area (Å²) in [5.41, 5.74) is 5.05. The van der Waals surface area contributed by atoms with Crippen LogP contribution in [-0.4, -0.2) is 71.1 Å². The maximum absolute atomic E-state index is 12.6. The molecule has 2 saturated heterocycles. The van der Waals surface area contributed by atoms with E-state index in [0.717, 1.165) is 31.8 Å². The number of halogens is 3. The lowest BCUT2D eigenvalue weighted by Gasteiger charge is -2.39. The largest absolute Gasteiger partial charge is 0.419 e. The van der Waals surface area contributed by atoms with E-state index in [2.05, 4.69) is 9.97 Å². The summed E-state index contributed by atoms with van der Waals surface area (Å²) >= 11 is 0. The zero-order valence-corrected chi connectivity index (χ0v) is 13.7. The van der Waals surface area contributed by atoms with Gasteiger partial charge in [-0.05, 0) is 12.8 Å². The molecule has 1 atom stereocenters. The van der Waals surface area contributed by atoms with Crippen LogP contribution in [0.1, 0.15) is 18.4 Å². The Morgan fingerprint density at radius 1 is 1.08 bits per heavy atom. The monoisotopic (exact) mass is 358 g/mol. The van der Waals surface area contributed by atoms with E-state index in [-0.39, 0.29) is 18.0 Å². The number of aromatic nitrogens is 2. The van der Waals surface area contributed by atoms with Crippen molar-refractivity contribution in [2.24, 2.45) is 5.73 Å². The average molecular weight is 358 g/mol. The molecule has 0 aliphatic carbocycles. The quantitative estimate of drug-likeness (QED) is 0.815. The molecule has 25 heavy (non-hydrogen) atoms. The van der Waals surface area contributed by atoms with Crippen LogP contribution in [0.15, 0.2) is 12.4 Å². The Hall–Kier alpha value is -2.10. The zero-order valence-electron chi connectivity index (χ0n) is 13.7. The van der Waals surface area contributed by atoms with Gasteiger partial charge < -0.3 is 20.4 Å². The summed E-state index contributed by atoms with van der Waals surface area (Å²) in [5, 5.41) is 0. The minimum absolute atomic E-state index is 0.0249. The summed E-state index contributed by atoms with van der Waals surface area (Å²) in [4.78, 5) is 25.4. The van der Waals surface area contributed by atoms with Crippen molar-refractivity contribution >= 4 is 12.0 Å². The molecule has 0 radical (unpaired) electrons. The molecule has 7 nitrogen and oxygen atoms in total. The summed E-state index contributed by atoms with van der Waals surface area (Å²) < 4.78 is 37.7. The molecular weight excluding hydrogens is 337 g/mol. The van der Waals surface area contributed by atoms with Gasteiger partial charge in [0.1, 0.15) is 0 Å². The first-order valence-electron chi connectivity index (χ1n) is 8.28. The third kappa shape index (κ3) is 4.12. The fourth-order valence-electron chi connectivity index (χ4n) is 3.11. The maximum atomic E-state index is 12.6. The Morgan fingerprint density at radius 2 is 1.72 bits per heavy atom. The van der Waals surface area contributed by atoms with Gasteiger partial charge in [0, 0.05) is 57.7 Å². The predicted octanol–water partition coefficient (Wildman–Crippen LogP) is 1.16. The molecule has 3 rings (SSSR count). The minimum atomic E-state index is -4.45. The number of anilines is 1. The average Bonchev–Trinajstić information content (AvgIpc) is 2.61. The van der Waals surface area contributed by atoms with Crippen LogP contribution in [0.3, 0.4) is 0 Å².